The number of quaternary nitrogens is 1. The van der Waals surface area contributed by atoms with Crippen molar-refractivity contribution in [1.29, 1.82) is 0 Å². The van der Waals surface area contributed by atoms with Crippen molar-refractivity contribution in [3.63, 3.8) is 0 Å². The number of carbonyl (C=O) groups is 3. The molecule has 0 aliphatic heterocycles. The van der Waals surface area contributed by atoms with Crippen molar-refractivity contribution in [3.05, 3.63) is 35.9 Å². The molecule has 0 saturated carbocycles. The van der Waals surface area contributed by atoms with E-state index in [0.717, 1.165) is 23.5 Å². The van der Waals surface area contributed by atoms with Gasteiger partial charge < -0.3 is 25.3 Å². The number of esters is 1. The number of amides is 1. The third kappa shape index (κ3) is 14.3. The van der Waals surface area contributed by atoms with Gasteiger partial charge in [-0.05, 0) is 30.9 Å². The maximum atomic E-state index is 12.8. The molecule has 0 saturated heterocycles. The van der Waals surface area contributed by atoms with Crippen molar-refractivity contribution >= 4 is 51.4 Å². The second-order valence-electron chi connectivity index (χ2n) is 7.18. The molecule has 33 heavy (non-hydrogen) atoms. The van der Waals surface area contributed by atoms with Crippen LogP contribution in [0.5, 0.6) is 0 Å². The standard InChI is InChI=1S/C22H34N2O6S3/c1-4-28-22(27)30-16(2)29-20(25)13-24-21(26)18(12-17-8-6-5-7-9-17)14-32-33-15-19(23)10-11-31-3/h5-9,16,18-19H,4,10-15,23H2,1-3H3,(H,24,26)/p+1. The molecular weight excluding hydrogens is 484 g/mol. The number of ether oxygens (including phenoxy) is 3. The van der Waals surface area contributed by atoms with Crippen LogP contribution in [0.1, 0.15) is 25.8 Å². The average molecular weight is 520 g/mol. The van der Waals surface area contributed by atoms with Crippen LogP contribution in [-0.2, 0) is 30.2 Å². The van der Waals surface area contributed by atoms with E-state index in [1.54, 1.807) is 28.5 Å². The van der Waals surface area contributed by atoms with Crippen molar-refractivity contribution in [2.75, 3.05) is 36.7 Å². The van der Waals surface area contributed by atoms with Gasteiger partial charge in [-0.25, -0.2) is 4.79 Å². The van der Waals surface area contributed by atoms with E-state index in [0.29, 0.717) is 18.2 Å². The van der Waals surface area contributed by atoms with E-state index in [-0.39, 0.29) is 25.0 Å². The quantitative estimate of drug-likeness (QED) is 0.147. The topological polar surface area (TPSA) is 119 Å². The minimum atomic E-state index is -1.11. The van der Waals surface area contributed by atoms with Crippen LogP contribution in [0.15, 0.2) is 30.3 Å². The van der Waals surface area contributed by atoms with Crippen LogP contribution in [0.2, 0.25) is 0 Å². The molecular formula is C22H35N2O6S3+. The molecule has 11 heteroatoms. The molecule has 0 heterocycles. The summed E-state index contributed by atoms with van der Waals surface area (Å²) in [6, 6.07) is 10.2. The predicted molar refractivity (Wildman–Crippen MR) is 135 cm³/mol. The van der Waals surface area contributed by atoms with Gasteiger partial charge in [-0.1, -0.05) is 51.9 Å². The molecule has 1 aromatic rings. The molecule has 1 rings (SSSR count). The Hall–Kier alpha value is -1.56. The van der Waals surface area contributed by atoms with E-state index < -0.39 is 18.4 Å². The lowest BCUT2D eigenvalue weighted by molar-refractivity contribution is -0.412. The van der Waals surface area contributed by atoms with Crippen molar-refractivity contribution < 1.29 is 34.3 Å². The summed E-state index contributed by atoms with van der Waals surface area (Å²) < 4.78 is 14.4. The van der Waals surface area contributed by atoms with Gasteiger partial charge >= 0.3 is 12.1 Å². The zero-order valence-corrected chi connectivity index (χ0v) is 21.9. The zero-order valence-electron chi connectivity index (χ0n) is 19.4. The van der Waals surface area contributed by atoms with Gasteiger partial charge in [0.25, 0.3) is 0 Å². The first-order valence-electron chi connectivity index (χ1n) is 10.8. The Balaban J connectivity index is 2.52. The second kappa shape index (κ2) is 17.9. The van der Waals surface area contributed by atoms with Gasteiger partial charge in [0.1, 0.15) is 6.54 Å². The van der Waals surface area contributed by atoms with Crippen LogP contribution in [0.25, 0.3) is 0 Å². The van der Waals surface area contributed by atoms with E-state index in [9.17, 15) is 14.4 Å². The molecule has 186 valence electrons. The first-order valence-corrected chi connectivity index (χ1v) is 14.6. The monoisotopic (exact) mass is 519 g/mol. The Bertz CT molecular complexity index is 711. The lowest BCUT2D eigenvalue weighted by Gasteiger charge is -2.17. The van der Waals surface area contributed by atoms with E-state index >= 15 is 0 Å². The molecule has 4 N–H and O–H groups in total. The maximum Gasteiger partial charge on any atom is 0.511 e. The highest BCUT2D eigenvalue weighted by atomic mass is 33.1. The van der Waals surface area contributed by atoms with Crippen molar-refractivity contribution in [2.45, 2.75) is 39.0 Å². The highest BCUT2D eigenvalue weighted by molar-refractivity contribution is 8.76. The zero-order chi connectivity index (χ0) is 24.5. The largest absolute Gasteiger partial charge is 0.511 e. The van der Waals surface area contributed by atoms with Crippen LogP contribution in [0.3, 0.4) is 0 Å². The molecule has 0 radical (unpaired) electrons. The average Bonchev–Trinajstić information content (AvgIpc) is 2.78. The molecule has 0 fully saturated rings. The molecule has 0 bridgehead atoms. The van der Waals surface area contributed by atoms with Gasteiger partial charge in [0.2, 0.25) is 12.2 Å². The summed E-state index contributed by atoms with van der Waals surface area (Å²) in [5, 5.41) is 2.64. The Kier molecular flexibility index (Phi) is 15.9. The number of nitrogens with one attached hydrogen (secondary N) is 1. The lowest BCUT2D eigenvalue weighted by Crippen LogP contribution is -2.62. The van der Waals surface area contributed by atoms with Crippen LogP contribution in [0.4, 0.5) is 4.79 Å². The number of carbonyl (C=O) groups excluding carboxylic acids is 3. The molecule has 0 aliphatic rings. The Morgan fingerprint density at radius 3 is 2.45 bits per heavy atom. The maximum absolute atomic E-state index is 12.8. The summed E-state index contributed by atoms with van der Waals surface area (Å²) in [5.74, 6) is 1.40. The molecule has 3 unspecified atom stereocenters. The fourth-order valence-corrected chi connectivity index (χ4v) is 5.81. The van der Waals surface area contributed by atoms with Crippen LogP contribution in [-0.4, -0.2) is 67.0 Å². The Morgan fingerprint density at radius 2 is 1.79 bits per heavy atom. The van der Waals surface area contributed by atoms with Crippen LogP contribution in [0, 0.1) is 5.92 Å². The smallest absolute Gasteiger partial charge is 0.435 e. The fraction of sp³-hybridized carbons (Fsp3) is 0.591. The highest BCUT2D eigenvalue weighted by Gasteiger charge is 2.22. The van der Waals surface area contributed by atoms with Gasteiger partial charge in [0.15, 0.2) is 0 Å². The summed E-state index contributed by atoms with van der Waals surface area (Å²) in [5.41, 5.74) is 5.23. The number of thioether (sulfide) groups is 1. The number of benzene rings is 1. The van der Waals surface area contributed by atoms with Gasteiger partial charge in [-0.3, -0.25) is 9.59 Å². The number of hydrogen-bond donors (Lipinski definition) is 2. The van der Waals surface area contributed by atoms with Crippen LogP contribution >= 0.6 is 33.3 Å². The summed E-state index contributed by atoms with van der Waals surface area (Å²) in [6.45, 7) is 2.88. The summed E-state index contributed by atoms with van der Waals surface area (Å²) >= 11 is 1.82. The normalized spacial score (nSPS) is 13.5. The van der Waals surface area contributed by atoms with Crippen molar-refractivity contribution in [3.8, 4) is 0 Å². The number of rotatable bonds is 16. The van der Waals surface area contributed by atoms with Crippen molar-refractivity contribution in [2.24, 2.45) is 5.92 Å². The first kappa shape index (κ1) is 29.5. The predicted octanol–water partition coefficient (Wildman–Crippen LogP) is 2.77. The third-order valence-electron chi connectivity index (χ3n) is 4.31. The fourth-order valence-electron chi connectivity index (χ4n) is 2.61. The third-order valence-corrected chi connectivity index (χ3v) is 7.58. The molecule has 0 spiro atoms. The lowest BCUT2D eigenvalue weighted by atomic mass is 10.0. The van der Waals surface area contributed by atoms with E-state index in [1.165, 1.54) is 6.92 Å². The first-order chi connectivity index (χ1) is 15.8. The van der Waals surface area contributed by atoms with E-state index in [4.69, 9.17) is 9.47 Å². The minimum absolute atomic E-state index is 0.155. The molecule has 0 aliphatic carbocycles. The Morgan fingerprint density at radius 1 is 1.09 bits per heavy atom. The Labute approximate surface area is 208 Å². The summed E-state index contributed by atoms with van der Waals surface area (Å²) in [4.78, 5) is 36.1. The molecule has 3 atom stereocenters. The minimum Gasteiger partial charge on any atom is -0.435 e. The molecule has 1 aromatic carbocycles. The molecule has 8 nitrogen and oxygen atoms in total. The van der Waals surface area contributed by atoms with E-state index in [1.807, 2.05) is 42.1 Å². The second-order valence-corrected chi connectivity index (χ2v) is 10.7. The summed E-state index contributed by atoms with van der Waals surface area (Å²) in [6.07, 6.45) is 1.70. The van der Waals surface area contributed by atoms with Crippen molar-refractivity contribution in [1.82, 2.24) is 5.32 Å². The van der Waals surface area contributed by atoms with E-state index in [2.05, 4.69) is 22.0 Å². The molecule has 1 amide bonds. The summed E-state index contributed by atoms with van der Waals surface area (Å²) in [7, 11) is 3.37. The van der Waals surface area contributed by atoms with Crippen LogP contribution < -0.4 is 11.1 Å². The van der Waals surface area contributed by atoms with Gasteiger partial charge in [-0.2, -0.15) is 11.8 Å². The van der Waals surface area contributed by atoms with Gasteiger partial charge in [0.05, 0.1) is 24.3 Å². The van der Waals surface area contributed by atoms with Gasteiger partial charge in [-0.15, -0.1) is 0 Å². The number of hydrogen-bond acceptors (Lipinski definition) is 9. The highest BCUT2D eigenvalue weighted by Crippen LogP contribution is 2.26. The molecule has 0 aromatic heterocycles. The van der Waals surface area contributed by atoms with Gasteiger partial charge in [0, 0.05) is 19.1 Å². The SMILES string of the molecule is CCOC(=O)OC(C)OC(=O)CNC(=O)C(CSSCC([NH3+])CCSC)Cc1ccccc1.